The number of carbonyl (C=O) groups is 2. The summed E-state index contributed by atoms with van der Waals surface area (Å²) >= 11 is 3.18. The van der Waals surface area contributed by atoms with Crippen LogP contribution >= 0.6 is 23.5 Å². The average molecular weight is 392 g/mol. The molecule has 2 aliphatic heterocycles. The Kier molecular flexibility index (Phi) is 5.19. The summed E-state index contributed by atoms with van der Waals surface area (Å²) in [6.07, 6.45) is 1.91. The smallest absolute Gasteiger partial charge is 0.242 e. The van der Waals surface area contributed by atoms with Crippen molar-refractivity contribution in [3.8, 4) is 0 Å². The molecule has 2 aliphatic rings. The van der Waals surface area contributed by atoms with Gasteiger partial charge in [0.15, 0.2) is 0 Å². The van der Waals surface area contributed by atoms with Gasteiger partial charge >= 0.3 is 0 Å². The number of hydrogen-bond donors (Lipinski definition) is 4. The van der Waals surface area contributed by atoms with Crippen LogP contribution in [0.4, 0.5) is 11.4 Å². The Morgan fingerprint density at radius 3 is 2.42 bits per heavy atom. The maximum Gasteiger partial charge on any atom is 0.242 e. The summed E-state index contributed by atoms with van der Waals surface area (Å²) in [5.74, 6) is 0.594. The summed E-state index contributed by atoms with van der Waals surface area (Å²) in [5.41, 5.74) is 3.09. The standard InChI is InChI=1S/C17H21N5O2S2/c1-11(23)20-13-4-6-14(7-5-13)22-17(21-12(2)24)18-8-15(26-17)16(3)9-25-10-19-16/h4-8,10,18,22H,9H2,1-3H3,(H,20,23)(H,21,24). The average Bonchev–Trinajstić information content (AvgIpc) is 3.16. The number of amides is 2. The number of benzene rings is 1. The lowest BCUT2D eigenvalue weighted by Crippen LogP contribution is -2.58. The van der Waals surface area contributed by atoms with Crippen LogP contribution in [0, 0.1) is 0 Å². The van der Waals surface area contributed by atoms with Crippen molar-refractivity contribution in [1.82, 2.24) is 10.6 Å². The molecule has 9 heteroatoms. The monoisotopic (exact) mass is 391 g/mol. The second-order valence-corrected chi connectivity index (χ2v) is 8.41. The zero-order valence-corrected chi connectivity index (χ0v) is 16.4. The number of carbonyl (C=O) groups excluding carboxylic acids is 2. The van der Waals surface area contributed by atoms with Crippen molar-refractivity contribution in [3.05, 3.63) is 35.4 Å². The molecule has 2 amide bonds. The molecule has 0 bridgehead atoms. The first-order valence-electron chi connectivity index (χ1n) is 8.07. The maximum absolute atomic E-state index is 11.8. The van der Waals surface area contributed by atoms with E-state index in [4.69, 9.17) is 0 Å². The fourth-order valence-electron chi connectivity index (χ4n) is 2.63. The number of thioether (sulfide) groups is 2. The first-order chi connectivity index (χ1) is 12.3. The third-order valence-electron chi connectivity index (χ3n) is 3.85. The largest absolute Gasteiger partial charge is 0.342 e. The molecule has 138 valence electrons. The minimum atomic E-state index is -0.886. The van der Waals surface area contributed by atoms with E-state index in [1.165, 1.54) is 25.6 Å². The second kappa shape index (κ2) is 7.24. The lowest BCUT2D eigenvalue weighted by atomic mass is 10.1. The van der Waals surface area contributed by atoms with Gasteiger partial charge in [-0.15, -0.1) is 11.8 Å². The van der Waals surface area contributed by atoms with Crippen molar-refractivity contribution in [2.45, 2.75) is 31.4 Å². The van der Waals surface area contributed by atoms with Crippen molar-refractivity contribution < 1.29 is 9.59 Å². The Bertz CT molecular complexity index is 780. The molecule has 1 aromatic rings. The summed E-state index contributed by atoms with van der Waals surface area (Å²) in [4.78, 5) is 28.5. The second-order valence-electron chi connectivity index (χ2n) is 6.32. The molecule has 1 aromatic carbocycles. The first kappa shape index (κ1) is 18.7. The molecule has 0 fully saturated rings. The highest BCUT2D eigenvalue weighted by Crippen LogP contribution is 2.44. The Morgan fingerprint density at radius 1 is 1.15 bits per heavy atom. The van der Waals surface area contributed by atoms with E-state index < -0.39 is 5.12 Å². The predicted octanol–water partition coefficient (Wildman–Crippen LogP) is 2.52. The molecule has 7 nitrogen and oxygen atoms in total. The lowest BCUT2D eigenvalue weighted by Gasteiger charge is -2.33. The van der Waals surface area contributed by atoms with Crippen molar-refractivity contribution in [3.63, 3.8) is 0 Å². The zero-order chi connectivity index (χ0) is 18.8. The lowest BCUT2D eigenvalue weighted by molar-refractivity contribution is -0.120. The predicted molar refractivity (Wildman–Crippen MR) is 109 cm³/mol. The van der Waals surface area contributed by atoms with E-state index in [2.05, 4.69) is 33.2 Å². The molecule has 26 heavy (non-hydrogen) atoms. The quantitative estimate of drug-likeness (QED) is 0.576. The molecule has 0 saturated carbocycles. The van der Waals surface area contributed by atoms with E-state index in [9.17, 15) is 9.59 Å². The number of aliphatic imine (C=N–C) groups is 1. The summed E-state index contributed by atoms with van der Waals surface area (Å²) in [5, 5.41) is 11.4. The SMILES string of the molecule is CC(=O)Nc1ccc(NC2(NC(C)=O)NC=C(C3(C)CSC=N3)S2)cc1. The van der Waals surface area contributed by atoms with Gasteiger partial charge in [0.2, 0.25) is 16.9 Å². The van der Waals surface area contributed by atoms with Crippen LogP contribution in [0.15, 0.2) is 40.4 Å². The van der Waals surface area contributed by atoms with Crippen molar-refractivity contribution in [1.29, 1.82) is 0 Å². The van der Waals surface area contributed by atoms with E-state index in [1.807, 2.05) is 23.9 Å². The van der Waals surface area contributed by atoms with Crippen LogP contribution in [0.2, 0.25) is 0 Å². The molecular formula is C17H21N5O2S2. The van der Waals surface area contributed by atoms with Gasteiger partial charge in [-0.3, -0.25) is 14.6 Å². The number of nitrogens with zero attached hydrogens (tertiary/aromatic N) is 1. The Morgan fingerprint density at radius 2 is 1.85 bits per heavy atom. The van der Waals surface area contributed by atoms with Gasteiger partial charge in [-0.1, -0.05) is 11.8 Å². The maximum atomic E-state index is 11.8. The summed E-state index contributed by atoms with van der Waals surface area (Å²) < 4.78 is 0. The molecule has 0 aliphatic carbocycles. The summed E-state index contributed by atoms with van der Waals surface area (Å²) in [7, 11) is 0. The van der Waals surface area contributed by atoms with Gasteiger partial charge in [-0.05, 0) is 31.2 Å². The van der Waals surface area contributed by atoms with Crippen molar-refractivity contribution >= 4 is 52.3 Å². The van der Waals surface area contributed by atoms with E-state index in [-0.39, 0.29) is 17.4 Å². The van der Waals surface area contributed by atoms with Gasteiger partial charge in [-0.25, -0.2) is 0 Å². The molecule has 0 radical (unpaired) electrons. The van der Waals surface area contributed by atoms with Crippen molar-refractivity contribution in [2.75, 3.05) is 16.4 Å². The molecular weight excluding hydrogens is 370 g/mol. The molecule has 2 unspecified atom stereocenters. The molecule has 0 saturated heterocycles. The molecule has 2 atom stereocenters. The van der Waals surface area contributed by atoms with Crippen LogP contribution in [0.3, 0.4) is 0 Å². The number of anilines is 2. The van der Waals surface area contributed by atoms with E-state index in [0.29, 0.717) is 5.69 Å². The van der Waals surface area contributed by atoms with Crippen LogP contribution in [0.5, 0.6) is 0 Å². The Hall–Kier alpha value is -2.13. The normalized spacial score (nSPS) is 26.8. The molecule has 0 aromatic heterocycles. The van der Waals surface area contributed by atoms with Gasteiger partial charge in [-0.2, -0.15) is 0 Å². The van der Waals surface area contributed by atoms with Crippen molar-refractivity contribution in [2.24, 2.45) is 4.99 Å². The van der Waals surface area contributed by atoms with Crippen LogP contribution < -0.4 is 21.3 Å². The number of rotatable bonds is 5. The highest BCUT2D eigenvalue weighted by atomic mass is 32.2. The Labute approximate surface area is 160 Å². The van der Waals surface area contributed by atoms with Crippen LogP contribution in [0.25, 0.3) is 0 Å². The van der Waals surface area contributed by atoms with Gasteiger partial charge in [0, 0.05) is 42.1 Å². The highest BCUT2D eigenvalue weighted by molar-refractivity contribution is 8.12. The van der Waals surface area contributed by atoms with Crippen LogP contribution in [-0.2, 0) is 9.59 Å². The minimum Gasteiger partial charge on any atom is -0.342 e. The molecule has 2 heterocycles. The highest BCUT2D eigenvalue weighted by Gasteiger charge is 2.44. The third-order valence-corrected chi connectivity index (χ3v) is 6.24. The van der Waals surface area contributed by atoms with Crippen LogP contribution in [-0.4, -0.2) is 33.8 Å². The molecule has 3 rings (SSSR count). The van der Waals surface area contributed by atoms with Gasteiger partial charge in [0.1, 0.15) is 5.54 Å². The number of nitrogens with one attached hydrogen (secondary N) is 4. The van der Waals surface area contributed by atoms with Crippen LogP contribution in [0.1, 0.15) is 20.8 Å². The van der Waals surface area contributed by atoms with E-state index >= 15 is 0 Å². The van der Waals surface area contributed by atoms with E-state index in [1.54, 1.807) is 23.9 Å². The van der Waals surface area contributed by atoms with E-state index in [0.717, 1.165) is 16.3 Å². The minimum absolute atomic E-state index is 0.120. The van der Waals surface area contributed by atoms with Gasteiger partial charge in [0.25, 0.3) is 0 Å². The fraction of sp³-hybridized carbons (Fsp3) is 0.353. The Balaban J connectivity index is 1.76. The van der Waals surface area contributed by atoms with Gasteiger partial charge in [0.05, 0.1) is 5.55 Å². The third kappa shape index (κ3) is 4.16. The fourth-order valence-corrected chi connectivity index (χ4v) is 4.93. The molecule has 4 N–H and O–H groups in total. The topological polar surface area (TPSA) is 94.6 Å². The summed E-state index contributed by atoms with van der Waals surface area (Å²) in [6.45, 7) is 5.03. The summed E-state index contributed by atoms with van der Waals surface area (Å²) in [6, 6.07) is 7.30. The first-order valence-corrected chi connectivity index (χ1v) is 9.94. The number of hydrogen-bond acceptors (Lipinski definition) is 7. The molecule has 0 spiro atoms. The van der Waals surface area contributed by atoms with Gasteiger partial charge < -0.3 is 21.3 Å². The zero-order valence-electron chi connectivity index (χ0n) is 14.8.